The van der Waals surface area contributed by atoms with Gasteiger partial charge >= 0.3 is 0 Å². The number of hydrogen-bond donors (Lipinski definition) is 1. The first-order valence-electron chi connectivity index (χ1n) is 6.87. The molecule has 1 N–H and O–H groups in total. The van der Waals surface area contributed by atoms with Crippen molar-refractivity contribution in [1.82, 2.24) is 10.2 Å². The van der Waals surface area contributed by atoms with Crippen LogP contribution in [0.3, 0.4) is 0 Å². The predicted octanol–water partition coefficient (Wildman–Crippen LogP) is 3.08. The van der Waals surface area contributed by atoms with Gasteiger partial charge in [-0.1, -0.05) is 30.7 Å². The highest BCUT2D eigenvalue weighted by Crippen LogP contribution is 2.18. The Kier molecular flexibility index (Phi) is 5.04. The average molecular weight is 267 g/mol. The molecule has 1 aromatic carbocycles. The molecule has 1 aliphatic rings. The molecule has 100 valence electrons. The number of likely N-dealkylation sites (tertiary alicyclic amines) is 1. The number of aryl methyl sites for hydroxylation is 1. The van der Waals surface area contributed by atoms with Gasteiger partial charge in [-0.05, 0) is 56.1 Å². The summed E-state index contributed by atoms with van der Waals surface area (Å²) in [5.74, 6) is 0.800. The number of hydrogen-bond acceptors (Lipinski definition) is 2. The van der Waals surface area contributed by atoms with Gasteiger partial charge in [0.15, 0.2) is 0 Å². The first-order chi connectivity index (χ1) is 8.69. The molecule has 1 saturated heterocycles. The maximum atomic E-state index is 6.22. The number of benzene rings is 1. The maximum absolute atomic E-state index is 6.22. The Hall–Kier alpha value is -0.570. The Morgan fingerprint density at radius 1 is 1.44 bits per heavy atom. The lowest BCUT2D eigenvalue weighted by Gasteiger charge is -2.14. The van der Waals surface area contributed by atoms with E-state index in [1.165, 1.54) is 37.2 Å². The second kappa shape index (κ2) is 6.55. The lowest BCUT2D eigenvalue weighted by Crippen LogP contribution is -2.26. The van der Waals surface area contributed by atoms with Crippen LogP contribution in [0, 0.1) is 12.8 Å². The van der Waals surface area contributed by atoms with Gasteiger partial charge in [0.1, 0.15) is 0 Å². The van der Waals surface area contributed by atoms with Gasteiger partial charge in [0.05, 0.1) is 0 Å². The summed E-state index contributed by atoms with van der Waals surface area (Å²) in [7, 11) is 0. The maximum Gasteiger partial charge on any atom is 0.0453 e. The number of rotatable bonds is 5. The highest BCUT2D eigenvalue weighted by atomic mass is 35.5. The summed E-state index contributed by atoms with van der Waals surface area (Å²) in [6, 6.07) is 6.28. The van der Waals surface area contributed by atoms with E-state index >= 15 is 0 Å². The Labute approximate surface area is 115 Å². The van der Waals surface area contributed by atoms with Crippen molar-refractivity contribution in [3.8, 4) is 0 Å². The molecule has 0 radical (unpaired) electrons. The van der Waals surface area contributed by atoms with E-state index in [0.29, 0.717) is 0 Å². The monoisotopic (exact) mass is 266 g/mol. The van der Waals surface area contributed by atoms with Crippen LogP contribution in [0.2, 0.25) is 5.02 Å². The van der Waals surface area contributed by atoms with Crippen LogP contribution in [-0.2, 0) is 6.54 Å². The molecule has 0 amide bonds. The molecule has 1 aromatic rings. The minimum atomic E-state index is 0.800. The smallest absolute Gasteiger partial charge is 0.0453 e. The van der Waals surface area contributed by atoms with Crippen molar-refractivity contribution >= 4 is 11.6 Å². The van der Waals surface area contributed by atoms with Gasteiger partial charge in [-0.25, -0.2) is 0 Å². The van der Waals surface area contributed by atoms with Crippen molar-refractivity contribution in [1.29, 1.82) is 0 Å². The third kappa shape index (κ3) is 3.71. The van der Waals surface area contributed by atoms with Crippen LogP contribution in [0.5, 0.6) is 0 Å². The third-order valence-electron chi connectivity index (χ3n) is 3.77. The van der Waals surface area contributed by atoms with Gasteiger partial charge in [-0.2, -0.15) is 0 Å². The highest BCUT2D eigenvalue weighted by molar-refractivity contribution is 6.31. The Morgan fingerprint density at radius 3 is 2.94 bits per heavy atom. The van der Waals surface area contributed by atoms with E-state index in [0.717, 1.165) is 24.0 Å². The summed E-state index contributed by atoms with van der Waals surface area (Å²) in [5.41, 5.74) is 2.42. The van der Waals surface area contributed by atoms with Crippen molar-refractivity contribution in [2.45, 2.75) is 26.8 Å². The van der Waals surface area contributed by atoms with Crippen LogP contribution < -0.4 is 5.32 Å². The van der Waals surface area contributed by atoms with E-state index in [9.17, 15) is 0 Å². The van der Waals surface area contributed by atoms with Gasteiger partial charge in [0.2, 0.25) is 0 Å². The van der Waals surface area contributed by atoms with Crippen LogP contribution >= 0.6 is 11.6 Å². The zero-order valence-corrected chi connectivity index (χ0v) is 12.1. The predicted molar refractivity (Wildman–Crippen MR) is 78.1 cm³/mol. The summed E-state index contributed by atoms with van der Waals surface area (Å²) in [5, 5.41) is 4.42. The number of nitrogens with one attached hydrogen (secondary N) is 1. The van der Waals surface area contributed by atoms with E-state index < -0.39 is 0 Å². The van der Waals surface area contributed by atoms with Gasteiger partial charge in [0, 0.05) is 18.1 Å². The van der Waals surface area contributed by atoms with Crippen molar-refractivity contribution in [3.63, 3.8) is 0 Å². The molecular weight excluding hydrogens is 244 g/mol. The minimum Gasteiger partial charge on any atom is -0.312 e. The van der Waals surface area contributed by atoms with E-state index in [2.05, 4.69) is 36.2 Å². The quantitative estimate of drug-likeness (QED) is 0.881. The van der Waals surface area contributed by atoms with Crippen LogP contribution in [0.1, 0.15) is 24.5 Å². The lowest BCUT2D eigenvalue weighted by molar-refractivity contribution is 0.339. The zero-order chi connectivity index (χ0) is 13.0. The van der Waals surface area contributed by atoms with Gasteiger partial charge in [-0.3, -0.25) is 0 Å². The Balaban J connectivity index is 1.75. The molecule has 0 spiro atoms. The molecule has 1 aliphatic heterocycles. The minimum absolute atomic E-state index is 0.800. The van der Waals surface area contributed by atoms with Crippen molar-refractivity contribution in [2.24, 2.45) is 5.92 Å². The second-order valence-electron chi connectivity index (χ2n) is 5.27. The first-order valence-corrected chi connectivity index (χ1v) is 7.25. The van der Waals surface area contributed by atoms with Crippen LogP contribution in [-0.4, -0.2) is 31.1 Å². The van der Waals surface area contributed by atoms with Crippen molar-refractivity contribution < 1.29 is 0 Å². The van der Waals surface area contributed by atoms with E-state index in [4.69, 9.17) is 11.6 Å². The molecular formula is C15H23ClN2. The summed E-state index contributed by atoms with van der Waals surface area (Å²) in [4.78, 5) is 2.52. The molecule has 0 saturated carbocycles. The summed E-state index contributed by atoms with van der Waals surface area (Å²) < 4.78 is 0. The van der Waals surface area contributed by atoms with E-state index in [1.54, 1.807) is 0 Å². The van der Waals surface area contributed by atoms with Crippen LogP contribution in [0.25, 0.3) is 0 Å². The Morgan fingerprint density at radius 2 is 2.28 bits per heavy atom. The van der Waals surface area contributed by atoms with Crippen molar-refractivity contribution in [3.05, 3.63) is 34.3 Å². The molecule has 2 rings (SSSR count). The SMILES string of the molecule is CCN1CCC(CNCc2ccc(C)cc2Cl)C1. The molecule has 2 nitrogen and oxygen atoms in total. The van der Waals surface area contributed by atoms with Crippen LogP contribution in [0.15, 0.2) is 18.2 Å². The molecule has 0 aromatic heterocycles. The van der Waals surface area contributed by atoms with Gasteiger partial charge in [-0.15, -0.1) is 0 Å². The van der Waals surface area contributed by atoms with Crippen molar-refractivity contribution in [2.75, 3.05) is 26.2 Å². The first kappa shape index (κ1) is 13.9. The van der Waals surface area contributed by atoms with Gasteiger partial charge < -0.3 is 10.2 Å². The largest absolute Gasteiger partial charge is 0.312 e. The molecule has 1 atom stereocenters. The van der Waals surface area contributed by atoms with E-state index in [-0.39, 0.29) is 0 Å². The van der Waals surface area contributed by atoms with Gasteiger partial charge in [0.25, 0.3) is 0 Å². The molecule has 18 heavy (non-hydrogen) atoms. The summed E-state index contributed by atoms with van der Waals surface area (Å²) in [6.07, 6.45) is 1.32. The zero-order valence-electron chi connectivity index (χ0n) is 11.4. The third-order valence-corrected chi connectivity index (χ3v) is 4.13. The molecule has 1 unspecified atom stereocenters. The molecule has 0 bridgehead atoms. The summed E-state index contributed by atoms with van der Waals surface area (Å²) in [6.45, 7) is 9.96. The molecule has 1 heterocycles. The lowest BCUT2D eigenvalue weighted by atomic mass is 10.1. The summed E-state index contributed by atoms with van der Waals surface area (Å²) >= 11 is 6.22. The fraction of sp³-hybridized carbons (Fsp3) is 0.600. The fourth-order valence-electron chi connectivity index (χ4n) is 2.57. The molecule has 1 fully saturated rings. The normalized spacial score (nSPS) is 20.5. The second-order valence-corrected chi connectivity index (χ2v) is 5.68. The van der Waals surface area contributed by atoms with E-state index in [1.807, 2.05) is 6.07 Å². The number of nitrogens with zero attached hydrogens (tertiary/aromatic N) is 1. The average Bonchev–Trinajstić information content (AvgIpc) is 2.80. The molecule has 0 aliphatic carbocycles. The topological polar surface area (TPSA) is 15.3 Å². The Bertz CT molecular complexity index is 392. The highest BCUT2D eigenvalue weighted by Gasteiger charge is 2.20. The standard InChI is InChI=1S/C15H23ClN2/c1-3-18-7-6-13(11-18)9-17-10-14-5-4-12(2)8-15(14)16/h4-5,8,13,17H,3,6-7,9-11H2,1-2H3. The number of halogens is 1. The van der Waals surface area contributed by atoms with Crippen LogP contribution in [0.4, 0.5) is 0 Å². The molecule has 3 heteroatoms. The fourth-order valence-corrected chi connectivity index (χ4v) is 2.88.